The Bertz CT molecular complexity index is 448. The smallest absolute Gasteiger partial charge is 0.337 e. The highest BCUT2D eigenvalue weighted by atomic mass is 16.6. The van der Waals surface area contributed by atoms with Crippen LogP contribution in [0.25, 0.3) is 0 Å². The maximum atomic E-state index is 11.7. The Balaban J connectivity index is 2.81. The number of carboxylic acids is 1. The van der Waals surface area contributed by atoms with Gasteiger partial charge in [-0.25, -0.2) is 9.59 Å². The van der Waals surface area contributed by atoms with Crippen molar-refractivity contribution in [1.29, 1.82) is 0 Å². The van der Waals surface area contributed by atoms with E-state index < -0.39 is 23.6 Å². The zero-order chi connectivity index (χ0) is 13.9. The second-order valence-corrected chi connectivity index (χ2v) is 4.79. The number of rotatable bonds is 3. The van der Waals surface area contributed by atoms with Gasteiger partial charge < -0.3 is 15.6 Å². The first-order chi connectivity index (χ1) is 8.20. The lowest BCUT2D eigenvalue weighted by atomic mass is 10.1. The molecule has 0 aliphatic heterocycles. The second-order valence-electron chi connectivity index (χ2n) is 4.79. The topological polar surface area (TPSA) is 103 Å². The van der Waals surface area contributed by atoms with E-state index in [2.05, 4.69) is 4.98 Å². The molecule has 0 aliphatic rings. The predicted molar refractivity (Wildman–Crippen MR) is 64.0 cm³/mol. The predicted octanol–water partition coefficient (Wildman–Crippen LogP) is 1.12. The standard InChI is InChI=1S/C12H16N2O4/c1-12(2,3)18-11(17)9(13)8-5-4-7(6-14-8)10(15)16/h4-6,9H,13H2,1-3H3,(H,15,16). The minimum Gasteiger partial charge on any atom is -0.478 e. The van der Waals surface area contributed by atoms with Gasteiger partial charge in [0.1, 0.15) is 11.6 Å². The fourth-order valence-corrected chi connectivity index (χ4v) is 1.20. The van der Waals surface area contributed by atoms with E-state index in [1.54, 1.807) is 20.8 Å². The van der Waals surface area contributed by atoms with Gasteiger partial charge in [-0.2, -0.15) is 0 Å². The van der Waals surface area contributed by atoms with E-state index in [-0.39, 0.29) is 11.3 Å². The molecule has 0 saturated carbocycles. The van der Waals surface area contributed by atoms with Crippen LogP contribution >= 0.6 is 0 Å². The third-order valence-corrected chi connectivity index (χ3v) is 2.01. The van der Waals surface area contributed by atoms with E-state index in [0.29, 0.717) is 0 Å². The van der Waals surface area contributed by atoms with Crippen LogP contribution in [0, 0.1) is 0 Å². The molecular weight excluding hydrogens is 236 g/mol. The average Bonchev–Trinajstić information content (AvgIpc) is 2.26. The molecule has 3 N–H and O–H groups in total. The molecule has 1 aromatic heterocycles. The molecule has 1 aromatic rings. The minimum atomic E-state index is -1.08. The summed E-state index contributed by atoms with van der Waals surface area (Å²) < 4.78 is 5.11. The fourth-order valence-electron chi connectivity index (χ4n) is 1.20. The summed E-state index contributed by atoms with van der Waals surface area (Å²) in [5, 5.41) is 8.71. The molecule has 0 saturated heterocycles. The van der Waals surface area contributed by atoms with Crippen LogP contribution in [-0.4, -0.2) is 27.6 Å². The highest BCUT2D eigenvalue weighted by Gasteiger charge is 2.24. The Labute approximate surface area is 105 Å². The van der Waals surface area contributed by atoms with Crippen LogP contribution in [0.3, 0.4) is 0 Å². The van der Waals surface area contributed by atoms with Crippen LogP contribution in [0.2, 0.25) is 0 Å². The molecule has 1 heterocycles. The monoisotopic (exact) mass is 252 g/mol. The van der Waals surface area contributed by atoms with Gasteiger partial charge in [-0.05, 0) is 32.9 Å². The zero-order valence-electron chi connectivity index (χ0n) is 10.5. The van der Waals surface area contributed by atoms with E-state index in [4.69, 9.17) is 15.6 Å². The number of carboxylic acid groups (broad SMARTS) is 1. The average molecular weight is 252 g/mol. The fraction of sp³-hybridized carbons (Fsp3) is 0.417. The van der Waals surface area contributed by atoms with Crippen molar-refractivity contribution in [2.45, 2.75) is 32.4 Å². The second kappa shape index (κ2) is 5.14. The molecule has 0 bridgehead atoms. The van der Waals surface area contributed by atoms with Crippen LogP contribution in [0.1, 0.15) is 42.9 Å². The molecule has 1 unspecified atom stereocenters. The van der Waals surface area contributed by atoms with Gasteiger partial charge in [0.25, 0.3) is 0 Å². The number of aromatic nitrogens is 1. The van der Waals surface area contributed by atoms with Crippen LogP contribution in [-0.2, 0) is 9.53 Å². The van der Waals surface area contributed by atoms with Crippen molar-refractivity contribution in [1.82, 2.24) is 4.98 Å². The summed E-state index contributed by atoms with van der Waals surface area (Å²) in [7, 11) is 0. The van der Waals surface area contributed by atoms with E-state index in [0.717, 1.165) is 6.20 Å². The first kappa shape index (κ1) is 14.1. The molecule has 0 aliphatic carbocycles. The number of nitrogens with two attached hydrogens (primary N) is 1. The Kier molecular flexibility index (Phi) is 4.03. The number of carbonyl (C=O) groups excluding carboxylic acids is 1. The summed E-state index contributed by atoms with van der Waals surface area (Å²) in [5.74, 6) is -1.68. The molecule has 1 rings (SSSR count). The van der Waals surface area contributed by atoms with Crippen molar-refractivity contribution >= 4 is 11.9 Å². The first-order valence-corrected chi connectivity index (χ1v) is 5.38. The molecule has 0 aromatic carbocycles. The maximum absolute atomic E-state index is 11.7. The van der Waals surface area contributed by atoms with Crippen molar-refractivity contribution in [3.63, 3.8) is 0 Å². The summed E-state index contributed by atoms with van der Waals surface area (Å²) >= 11 is 0. The van der Waals surface area contributed by atoms with Crippen molar-refractivity contribution in [3.05, 3.63) is 29.6 Å². The van der Waals surface area contributed by atoms with Gasteiger partial charge in [-0.15, -0.1) is 0 Å². The van der Waals surface area contributed by atoms with Crippen molar-refractivity contribution in [2.24, 2.45) is 5.73 Å². The van der Waals surface area contributed by atoms with Crippen LogP contribution in [0.5, 0.6) is 0 Å². The lowest BCUT2D eigenvalue weighted by molar-refractivity contribution is -0.156. The van der Waals surface area contributed by atoms with Gasteiger partial charge in [0.05, 0.1) is 11.3 Å². The number of hydrogen-bond donors (Lipinski definition) is 2. The molecule has 6 nitrogen and oxygen atoms in total. The molecule has 1 atom stereocenters. The Morgan fingerprint density at radius 1 is 1.39 bits per heavy atom. The highest BCUT2D eigenvalue weighted by molar-refractivity contribution is 5.87. The number of aromatic carboxylic acids is 1. The van der Waals surface area contributed by atoms with Crippen molar-refractivity contribution < 1.29 is 19.4 Å². The minimum absolute atomic E-state index is 0.0372. The van der Waals surface area contributed by atoms with E-state index in [1.165, 1.54) is 12.1 Å². The normalized spacial score (nSPS) is 12.9. The summed E-state index contributed by atoms with van der Waals surface area (Å²) in [6.45, 7) is 5.20. The SMILES string of the molecule is CC(C)(C)OC(=O)C(N)c1ccc(C(=O)O)cn1. The van der Waals surface area contributed by atoms with Gasteiger partial charge in [0, 0.05) is 6.20 Å². The molecule has 6 heteroatoms. The Hall–Kier alpha value is -1.95. The van der Waals surface area contributed by atoms with E-state index >= 15 is 0 Å². The van der Waals surface area contributed by atoms with Crippen LogP contribution < -0.4 is 5.73 Å². The summed E-state index contributed by atoms with van der Waals surface area (Å²) in [6, 6.07) is 1.72. The lowest BCUT2D eigenvalue weighted by Crippen LogP contribution is -2.32. The third kappa shape index (κ3) is 3.81. The van der Waals surface area contributed by atoms with Crippen molar-refractivity contribution in [2.75, 3.05) is 0 Å². The van der Waals surface area contributed by atoms with Gasteiger partial charge in [0.2, 0.25) is 0 Å². The first-order valence-electron chi connectivity index (χ1n) is 5.38. The molecule has 0 amide bonds. The molecular formula is C12H16N2O4. The van der Waals surface area contributed by atoms with Crippen LogP contribution in [0.15, 0.2) is 18.3 Å². The van der Waals surface area contributed by atoms with E-state index in [9.17, 15) is 9.59 Å². The molecule has 98 valence electrons. The molecule has 18 heavy (non-hydrogen) atoms. The van der Waals surface area contributed by atoms with Gasteiger partial charge in [-0.1, -0.05) is 0 Å². The Morgan fingerprint density at radius 2 is 2.00 bits per heavy atom. The van der Waals surface area contributed by atoms with Gasteiger partial charge in [-0.3, -0.25) is 4.98 Å². The lowest BCUT2D eigenvalue weighted by Gasteiger charge is -2.21. The van der Waals surface area contributed by atoms with Gasteiger partial charge in [0.15, 0.2) is 0 Å². The third-order valence-electron chi connectivity index (χ3n) is 2.01. The quantitative estimate of drug-likeness (QED) is 0.781. The summed E-state index contributed by atoms with van der Waals surface area (Å²) in [6.07, 6.45) is 1.15. The summed E-state index contributed by atoms with van der Waals surface area (Å²) in [5.41, 5.74) is 5.37. The molecule has 0 radical (unpaired) electrons. The number of carbonyl (C=O) groups is 2. The molecule has 0 spiro atoms. The van der Waals surface area contributed by atoms with Crippen LogP contribution in [0.4, 0.5) is 0 Å². The number of pyridine rings is 1. The maximum Gasteiger partial charge on any atom is 0.337 e. The zero-order valence-corrected chi connectivity index (χ0v) is 10.5. The number of nitrogens with zero attached hydrogens (tertiary/aromatic N) is 1. The largest absolute Gasteiger partial charge is 0.478 e. The van der Waals surface area contributed by atoms with Gasteiger partial charge >= 0.3 is 11.9 Å². The van der Waals surface area contributed by atoms with E-state index in [1.807, 2.05) is 0 Å². The van der Waals surface area contributed by atoms with Crippen molar-refractivity contribution in [3.8, 4) is 0 Å². The number of hydrogen-bond acceptors (Lipinski definition) is 5. The number of esters is 1. The molecule has 0 fully saturated rings. The number of ether oxygens (including phenoxy) is 1. The highest BCUT2D eigenvalue weighted by Crippen LogP contribution is 2.15. The Morgan fingerprint density at radius 3 is 2.39 bits per heavy atom. The summed E-state index contributed by atoms with van der Waals surface area (Å²) in [4.78, 5) is 26.2.